The predicted octanol–water partition coefficient (Wildman–Crippen LogP) is 2.06. The number of halogens is 2. The standard InChI is InChI=1S/C14H18F2N4/c1-8-11(9(2)20(3)19-8)7-14(18-17)12-6-10(15)4-5-13(12)16/h4-6,14,18H,7,17H2,1-3H3. The van der Waals surface area contributed by atoms with Crippen LogP contribution in [0.4, 0.5) is 8.78 Å². The van der Waals surface area contributed by atoms with Crippen molar-refractivity contribution < 1.29 is 8.78 Å². The van der Waals surface area contributed by atoms with Gasteiger partial charge in [-0.15, -0.1) is 0 Å². The van der Waals surface area contributed by atoms with Gasteiger partial charge in [0.25, 0.3) is 0 Å². The second kappa shape index (κ2) is 5.68. The number of nitrogens with two attached hydrogens (primary N) is 1. The van der Waals surface area contributed by atoms with Gasteiger partial charge < -0.3 is 0 Å². The van der Waals surface area contributed by atoms with Gasteiger partial charge in [-0.3, -0.25) is 16.0 Å². The van der Waals surface area contributed by atoms with Crippen molar-refractivity contribution in [1.29, 1.82) is 0 Å². The maximum absolute atomic E-state index is 13.8. The van der Waals surface area contributed by atoms with Crippen molar-refractivity contribution in [2.45, 2.75) is 26.3 Å². The van der Waals surface area contributed by atoms with Gasteiger partial charge in [-0.2, -0.15) is 5.10 Å². The highest BCUT2D eigenvalue weighted by Gasteiger charge is 2.20. The predicted molar refractivity (Wildman–Crippen MR) is 72.8 cm³/mol. The molecular weight excluding hydrogens is 262 g/mol. The number of nitrogens with zero attached hydrogens (tertiary/aromatic N) is 2. The van der Waals surface area contributed by atoms with Crippen LogP contribution in [0, 0.1) is 25.5 Å². The molecule has 1 atom stereocenters. The van der Waals surface area contributed by atoms with Crippen LogP contribution in [0.25, 0.3) is 0 Å². The average Bonchev–Trinajstić information content (AvgIpc) is 2.65. The van der Waals surface area contributed by atoms with E-state index in [1.165, 1.54) is 6.07 Å². The Bertz CT molecular complexity index is 622. The molecule has 6 heteroatoms. The van der Waals surface area contributed by atoms with Crippen molar-refractivity contribution in [1.82, 2.24) is 15.2 Å². The summed E-state index contributed by atoms with van der Waals surface area (Å²) in [6, 6.07) is 2.86. The quantitative estimate of drug-likeness (QED) is 0.666. The Morgan fingerprint density at radius 1 is 1.35 bits per heavy atom. The normalized spacial score (nSPS) is 12.7. The van der Waals surface area contributed by atoms with Gasteiger partial charge in [0.1, 0.15) is 11.6 Å². The van der Waals surface area contributed by atoms with Crippen molar-refractivity contribution in [3.8, 4) is 0 Å². The highest BCUT2D eigenvalue weighted by molar-refractivity contribution is 5.29. The average molecular weight is 280 g/mol. The first-order valence-electron chi connectivity index (χ1n) is 6.34. The Balaban J connectivity index is 2.36. The summed E-state index contributed by atoms with van der Waals surface area (Å²) in [5, 5.41) is 4.31. The Morgan fingerprint density at radius 3 is 2.60 bits per heavy atom. The van der Waals surface area contributed by atoms with Crippen LogP contribution in [0.2, 0.25) is 0 Å². The van der Waals surface area contributed by atoms with E-state index in [-0.39, 0.29) is 5.56 Å². The van der Waals surface area contributed by atoms with Gasteiger partial charge in [-0.25, -0.2) is 8.78 Å². The van der Waals surface area contributed by atoms with Crippen LogP contribution in [-0.4, -0.2) is 9.78 Å². The zero-order valence-electron chi connectivity index (χ0n) is 11.7. The van der Waals surface area contributed by atoms with Crippen LogP contribution in [0.1, 0.15) is 28.6 Å². The summed E-state index contributed by atoms with van der Waals surface area (Å²) < 4.78 is 28.9. The largest absolute Gasteiger partial charge is 0.272 e. The Hall–Kier alpha value is -1.79. The zero-order valence-corrected chi connectivity index (χ0v) is 11.7. The van der Waals surface area contributed by atoms with Gasteiger partial charge in [0, 0.05) is 18.3 Å². The molecule has 0 saturated heterocycles. The molecule has 0 bridgehead atoms. The molecule has 0 amide bonds. The summed E-state index contributed by atoms with van der Waals surface area (Å²) in [7, 11) is 1.85. The molecule has 0 aliphatic heterocycles. The number of nitrogens with one attached hydrogen (secondary N) is 1. The van der Waals surface area contributed by atoms with E-state index in [1.807, 2.05) is 20.9 Å². The third-order valence-electron chi connectivity index (χ3n) is 3.60. The number of benzene rings is 1. The van der Waals surface area contributed by atoms with Crippen molar-refractivity contribution in [2.75, 3.05) is 0 Å². The van der Waals surface area contributed by atoms with E-state index in [9.17, 15) is 8.78 Å². The number of hydrazine groups is 1. The lowest BCUT2D eigenvalue weighted by Crippen LogP contribution is -2.30. The number of aryl methyl sites for hydroxylation is 2. The van der Waals surface area contributed by atoms with Crippen molar-refractivity contribution >= 4 is 0 Å². The van der Waals surface area contributed by atoms with Gasteiger partial charge in [-0.1, -0.05) is 0 Å². The van der Waals surface area contributed by atoms with Crippen molar-refractivity contribution in [3.63, 3.8) is 0 Å². The molecule has 0 spiro atoms. The minimum Gasteiger partial charge on any atom is -0.272 e. The maximum Gasteiger partial charge on any atom is 0.128 e. The SMILES string of the molecule is Cc1nn(C)c(C)c1CC(NN)c1cc(F)ccc1F. The molecule has 1 unspecified atom stereocenters. The smallest absolute Gasteiger partial charge is 0.128 e. The van der Waals surface area contributed by atoms with E-state index < -0.39 is 17.7 Å². The molecule has 20 heavy (non-hydrogen) atoms. The van der Waals surface area contributed by atoms with E-state index in [0.29, 0.717) is 6.42 Å². The lowest BCUT2D eigenvalue weighted by atomic mass is 9.97. The molecule has 0 aliphatic rings. The van der Waals surface area contributed by atoms with Crippen molar-refractivity contribution in [3.05, 3.63) is 52.3 Å². The minimum atomic E-state index is -0.507. The fourth-order valence-electron chi connectivity index (χ4n) is 2.36. The van der Waals surface area contributed by atoms with E-state index >= 15 is 0 Å². The fraction of sp³-hybridized carbons (Fsp3) is 0.357. The third kappa shape index (κ3) is 2.71. The summed E-state index contributed by atoms with van der Waals surface area (Å²) in [5.41, 5.74) is 5.61. The molecule has 2 aromatic rings. The first kappa shape index (κ1) is 14.6. The third-order valence-corrected chi connectivity index (χ3v) is 3.60. The zero-order chi connectivity index (χ0) is 14.9. The molecule has 0 saturated carbocycles. The van der Waals surface area contributed by atoms with Gasteiger partial charge in [-0.05, 0) is 44.0 Å². The lowest BCUT2D eigenvalue weighted by molar-refractivity contribution is 0.501. The van der Waals surface area contributed by atoms with E-state index in [0.717, 1.165) is 29.1 Å². The van der Waals surface area contributed by atoms with Crippen LogP contribution < -0.4 is 11.3 Å². The first-order chi connectivity index (χ1) is 9.43. The molecule has 1 heterocycles. The molecule has 3 N–H and O–H groups in total. The fourth-order valence-corrected chi connectivity index (χ4v) is 2.36. The molecule has 0 radical (unpaired) electrons. The first-order valence-corrected chi connectivity index (χ1v) is 6.34. The molecule has 108 valence electrons. The number of hydrogen-bond donors (Lipinski definition) is 2. The topological polar surface area (TPSA) is 55.9 Å². The Labute approximate surface area is 116 Å². The molecule has 1 aromatic heterocycles. The summed E-state index contributed by atoms with van der Waals surface area (Å²) in [6.07, 6.45) is 0.447. The second-order valence-corrected chi connectivity index (χ2v) is 4.86. The monoisotopic (exact) mass is 280 g/mol. The molecule has 1 aromatic carbocycles. The molecular formula is C14H18F2N4. The van der Waals surface area contributed by atoms with Crippen LogP contribution in [-0.2, 0) is 13.5 Å². The minimum absolute atomic E-state index is 0.218. The number of aromatic nitrogens is 2. The highest BCUT2D eigenvalue weighted by atomic mass is 19.1. The van der Waals surface area contributed by atoms with E-state index in [4.69, 9.17) is 5.84 Å². The second-order valence-electron chi connectivity index (χ2n) is 4.86. The lowest BCUT2D eigenvalue weighted by Gasteiger charge is -2.17. The molecule has 4 nitrogen and oxygen atoms in total. The molecule has 0 aliphatic carbocycles. The summed E-state index contributed by atoms with van der Waals surface area (Å²) in [5.74, 6) is 4.55. The maximum atomic E-state index is 13.8. The highest BCUT2D eigenvalue weighted by Crippen LogP contribution is 2.24. The Kier molecular flexibility index (Phi) is 4.15. The summed E-state index contributed by atoms with van der Waals surface area (Å²) in [4.78, 5) is 0. The van der Waals surface area contributed by atoms with E-state index in [2.05, 4.69) is 10.5 Å². The molecule has 2 rings (SSSR count). The van der Waals surface area contributed by atoms with Crippen molar-refractivity contribution in [2.24, 2.45) is 12.9 Å². The van der Waals surface area contributed by atoms with Crippen LogP contribution >= 0.6 is 0 Å². The molecule has 0 fully saturated rings. The van der Waals surface area contributed by atoms with Gasteiger partial charge >= 0.3 is 0 Å². The van der Waals surface area contributed by atoms with Crippen LogP contribution in [0.15, 0.2) is 18.2 Å². The van der Waals surface area contributed by atoms with Gasteiger partial charge in [0.05, 0.1) is 11.7 Å². The van der Waals surface area contributed by atoms with Crippen LogP contribution in [0.5, 0.6) is 0 Å². The van der Waals surface area contributed by atoms with E-state index in [1.54, 1.807) is 4.68 Å². The van der Waals surface area contributed by atoms with Gasteiger partial charge in [0.2, 0.25) is 0 Å². The van der Waals surface area contributed by atoms with Crippen LogP contribution in [0.3, 0.4) is 0 Å². The summed E-state index contributed by atoms with van der Waals surface area (Å²) >= 11 is 0. The Morgan fingerprint density at radius 2 is 2.05 bits per heavy atom. The number of hydrogen-bond acceptors (Lipinski definition) is 3. The van der Waals surface area contributed by atoms with Gasteiger partial charge in [0.15, 0.2) is 0 Å². The summed E-state index contributed by atoms with van der Waals surface area (Å²) in [6.45, 7) is 3.82. The number of rotatable bonds is 4.